The van der Waals surface area contributed by atoms with E-state index >= 15 is 0 Å². The van der Waals surface area contributed by atoms with Gasteiger partial charge in [-0.1, -0.05) is 11.6 Å². The second-order valence-electron chi connectivity index (χ2n) is 3.47. The van der Waals surface area contributed by atoms with Crippen molar-refractivity contribution in [2.75, 3.05) is 11.4 Å². The van der Waals surface area contributed by atoms with E-state index in [0.29, 0.717) is 6.07 Å². The zero-order chi connectivity index (χ0) is 12.6. The van der Waals surface area contributed by atoms with Gasteiger partial charge < -0.3 is 0 Å². The number of nitrogens with zero attached hydrogens (tertiary/aromatic N) is 1. The normalized spacial score (nSPS) is 16.1. The quantitative estimate of drug-likeness (QED) is 0.840. The minimum Gasteiger partial charge on any atom is -0.289 e. The van der Waals surface area contributed by atoms with Gasteiger partial charge in [-0.3, -0.25) is 15.0 Å². The van der Waals surface area contributed by atoms with Crippen LogP contribution in [0.4, 0.5) is 19.3 Å². The Balaban J connectivity index is 2.40. The number of amides is 3. The van der Waals surface area contributed by atoms with Crippen molar-refractivity contribution in [1.82, 2.24) is 5.32 Å². The average Bonchev–Trinajstić information content (AvgIpc) is 2.19. The Kier molecular flexibility index (Phi) is 2.97. The predicted molar refractivity (Wildman–Crippen MR) is 56.9 cm³/mol. The molecular formula is C10H7ClF2N2O2. The number of carbonyl (C=O) groups excluding carboxylic acids is 2. The lowest BCUT2D eigenvalue weighted by molar-refractivity contribution is -0.120. The summed E-state index contributed by atoms with van der Waals surface area (Å²) < 4.78 is 26.4. The van der Waals surface area contributed by atoms with Crippen LogP contribution in [0.1, 0.15) is 6.42 Å². The molecule has 1 N–H and O–H groups in total. The molecule has 4 nitrogen and oxygen atoms in total. The molecule has 2 rings (SSSR count). The van der Waals surface area contributed by atoms with Crippen molar-refractivity contribution in [2.24, 2.45) is 0 Å². The molecule has 1 fully saturated rings. The maximum absolute atomic E-state index is 13.5. The van der Waals surface area contributed by atoms with E-state index in [0.717, 1.165) is 11.0 Å². The van der Waals surface area contributed by atoms with E-state index in [1.807, 2.05) is 5.32 Å². The van der Waals surface area contributed by atoms with Gasteiger partial charge in [-0.25, -0.2) is 13.6 Å². The Labute approximate surface area is 100 Å². The molecule has 1 saturated heterocycles. The first-order chi connectivity index (χ1) is 7.99. The summed E-state index contributed by atoms with van der Waals surface area (Å²) >= 11 is 5.68. The molecule has 0 radical (unpaired) electrons. The number of hydrogen-bond acceptors (Lipinski definition) is 2. The highest BCUT2D eigenvalue weighted by atomic mass is 35.5. The Bertz CT molecular complexity index is 484. The summed E-state index contributed by atoms with van der Waals surface area (Å²) in [6, 6.07) is 0.767. The highest BCUT2D eigenvalue weighted by Gasteiger charge is 2.28. The van der Waals surface area contributed by atoms with Crippen LogP contribution in [0.3, 0.4) is 0 Å². The van der Waals surface area contributed by atoms with Crippen LogP contribution < -0.4 is 10.2 Å². The third-order valence-corrected chi connectivity index (χ3v) is 2.59. The molecule has 0 spiro atoms. The minimum atomic E-state index is -0.945. The zero-order valence-electron chi connectivity index (χ0n) is 8.47. The van der Waals surface area contributed by atoms with Crippen molar-refractivity contribution in [3.05, 3.63) is 28.8 Å². The summed E-state index contributed by atoms with van der Waals surface area (Å²) in [5.74, 6) is -2.21. The standard InChI is InChI=1S/C10H7ClF2N2O2/c11-6-3-5(12)4-7(13)9(6)15-2-1-8(16)14-10(15)17/h3-4H,1-2H2,(H,14,16,17). The SMILES string of the molecule is O=C1CCN(c2c(F)cc(F)cc2Cl)C(=O)N1. The Morgan fingerprint density at radius 3 is 2.59 bits per heavy atom. The molecule has 3 amide bonds. The van der Waals surface area contributed by atoms with Crippen LogP contribution in [0.5, 0.6) is 0 Å². The van der Waals surface area contributed by atoms with E-state index in [1.54, 1.807) is 0 Å². The van der Waals surface area contributed by atoms with Crippen molar-refractivity contribution in [3.63, 3.8) is 0 Å². The average molecular weight is 261 g/mol. The van der Waals surface area contributed by atoms with E-state index in [2.05, 4.69) is 0 Å². The number of imide groups is 1. The lowest BCUT2D eigenvalue weighted by Gasteiger charge is -2.27. The highest BCUT2D eigenvalue weighted by molar-refractivity contribution is 6.34. The van der Waals surface area contributed by atoms with Gasteiger partial charge in [0.05, 0.1) is 5.02 Å². The molecule has 7 heteroatoms. The number of carbonyl (C=O) groups is 2. The summed E-state index contributed by atoms with van der Waals surface area (Å²) in [4.78, 5) is 23.4. The van der Waals surface area contributed by atoms with Crippen molar-refractivity contribution >= 4 is 29.2 Å². The van der Waals surface area contributed by atoms with Gasteiger partial charge in [-0.2, -0.15) is 0 Å². The fourth-order valence-electron chi connectivity index (χ4n) is 1.57. The van der Waals surface area contributed by atoms with Gasteiger partial charge in [0.2, 0.25) is 5.91 Å². The molecule has 90 valence electrons. The van der Waals surface area contributed by atoms with Crippen LogP contribution in [-0.4, -0.2) is 18.5 Å². The van der Waals surface area contributed by atoms with E-state index in [-0.39, 0.29) is 23.7 Å². The first-order valence-corrected chi connectivity index (χ1v) is 5.12. The van der Waals surface area contributed by atoms with Crippen LogP contribution >= 0.6 is 11.6 Å². The van der Waals surface area contributed by atoms with E-state index in [4.69, 9.17) is 11.6 Å². The van der Waals surface area contributed by atoms with Crippen molar-refractivity contribution in [1.29, 1.82) is 0 Å². The van der Waals surface area contributed by atoms with E-state index < -0.39 is 23.6 Å². The topological polar surface area (TPSA) is 49.4 Å². The molecule has 1 aromatic carbocycles. The first-order valence-electron chi connectivity index (χ1n) is 4.75. The Morgan fingerprint density at radius 1 is 1.29 bits per heavy atom. The number of nitrogens with one attached hydrogen (secondary N) is 1. The molecule has 0 atom stereocenters. The van der Waals surface area contributed by atoms with Crippen LogP contribution in [0.25, 0.3) is 0 Å². The maximum atomic E-state index is 13.5. The minimum absolute atomic E-state index is 0.00688. The third kappa shape index (κ3) is 2.21. The molecule has 0 saturated carbocycles. The molecule has 1 heterocycles. The van der Waals surface area contributed by atoms with Gasteiger partial charge in [0.1, 0.15) is 11.5 Å². The summed E-state index contributed by atoms with van der Waals surface area (Å²) in [7, 11) is 0. The molecule has 17 heavy (non-hydrogen) atoms. The summed E-state index contributed by atoms with van der Waals surface area (Å²) in [6.45, 7) is 0.00688. The smallest absolute Gasteiger partial charge is 0.289 e. The molecule has 0 aliphatic carbocycles. The molecule has 1 aromatic rings. The molecule has 1 aliphatic heterocycles. The molecule has 0 unspecified atom stereocenters. The second kappa shape index (κ2) is 4.29. The zero-order valence-corrected chi connectivity index (χ0v) is 9.22. The van der Waals surface area contributed by atoms with Crippen LogP contribution in [0.15, 0.2) is 12.1 Å². The Hall–Kier alpha value is -1.69. The fraction of sp³-hybridized carbons (Fsp3) is 0.200. The van der Waals surface area contributed by atoms with Crippen molar-refractivity contribution in [3.8, 4) is 0 Å². The molecule has 0 aromatic heterocycles. The van der Waals surface area contributed by atoms with E-state index in [9.17, 15) is 18.4 Å². The Morgan fingerprint density at radius 2 is 2.00 bits per heavy atom. The number of rotatable bonds is 1. The number of hydrogen-bond donors (Lipinski definition) is 1. The summed E-state index contributed by atoms with van der Waals surface area (Å²) in [5.41, 5.74) is -0.224. The maximum Gasteiger partial charge on any atom is 0.328 e. The first kappa shape index (κ1) is 11.8. The molecule has 0 bridgehead atoms. The lowest BCUT2D eigenvalue weighted by Crippen LogP contribution is -2.50. The fourth-order valence-corrected chi connectivity index (χ4v) is 1.87. The molecular weight excluding hydrogens is 254 g/mol. The van der Waals surface area contributed by atoms with Crippen LogP contribution in [0.2, 0.25) is 5.02 Å². The van der Waals surface area contributed by atoms with E-state index in [1.165, 1.54) is 0 Å². The molecule has 1 aliphatic rings. The summed E-state index contributed by atoms with van der Waals surface area (Å²) in [6.07, 6.45) is 0.0406. The van der Waals surface area contributed by atoms with Crippen LogP contribution in [-0.2, 0) is 4.79 Å². The van der Waals surface area contributed by atoms with Gasteiger partial charge in [0, 0.05) is 19.0 Å². The van der Waals surface area contributed by atoms with Gasteiger partial charge in [0.25, 0.3) is 0 Å². The largest absolute Gasteiger partial charge is 0.328 e. The van der Waals surface area contributed by atoms with Gasteiger partial charge >= 0.3 is 6.03 Å². The lowest BCUT2D eigenvalue weighted by atomic mass is 10.2. The number of benzene rings is 1. The number of halogens is 3. The number of anilines is 1. The van der Waals surface area contributed by atoms with Crippen molar-refractivity contribution in [2.45, 2.75) is 6.42 Å². The van der Waals surface area contributed by atoms with Crippen molar-refractivity contribution < 1.29 is 18.4 Å². The van der Waals surface area contributed by atoms with Gasteiger partial charge in [-0.15, -0.1) is 0 Å². The second-order valence-corrected chi connectivity index (χ2v) is 3.88. The third-order valence-electron chi connectivity index (χ3n) is 2.31. The number of urea groups is 1. The highest BCUT2D eigenvalue weighted by Crippen LogP contribution is 2.31. The predicted octanol–water partition coefficient (Wildman–Crippen LogP) is 2.06. The van der Waals surface area contributed by atoms with Gasteiger partial charge in [-0.05, 0) is 6.07 Å². The monoisotopic (exact) mass is 260 g/mol. The van der Waals surface area contributed by atoms with Crippen LogP contribution in [0, 0.1) is 11.6 Å². The summed E-state index contributed by atoms with van der Waals surface area (Å²) in [5, 5.41) is 1.81. The van der Waals surface area contributed by atoms with Gasteiger partial charge in [0.15, 0.2) is 5.82 Å².